The van der Waals surface area contributed by atoms with Crippen molar-refractivity contribution in [2.24, 2.45) is 0 Å². The van der Waals surface area contributed by atoms with Gasteiger partial charge in [0.2, 0.25) is 11.8 Å². The van der Waals surface area contributed by atoms with E-state index in [0.717, 1.165) is 5.75 Å². The van der Waals surface area contributed by atoms with Gasteiger partial charge < -0.3 is 14.5 Å². The highest BCUT2D eigenvalue weighted by molar-refractivity contribution is 5.90. The lowest BCUT2D eigenvalue weighted by atomic mass is 10.2. The molecule has 0 fully saturated rings. The Morgan fingerprint density at radius 3 is 2.65 bits per heavy atom. The zero-order valence-corrected chi connectivity index (χ0v) is 14.7. The Balaban J connectivity index is 1.50. The summed E-state index contributed by atoms with van der Waals surface area (Å²) in [6, 6.07) is 12.7. The van der Waals surface area contributed by atoms with Gasteiger partial charge in [0.25, 0.3) is 5.89 Å². The Bertz CT molecular complexity index is 845. The van der Waals surface area contributed by atoms with Crippen LogP contribution in [-0.2, 0) is 11.2 Å². The second-order valence-electron chi connectivity index (χ2n) is 5.96. The van der Waals surface area contributed by atoms with Gasteiger partial charge in [0.15, 0.2) is 0 Å². The van der Waals surface area contributed by atoms with E-state index in [4.69, 9.17) is 9.15 Å². The molecule has 2 heterocycles. The maximum absolute atomic E-state index is 12.1. The minimum atomic E-state index is -0.125. The lowest BCUT2D eigenvalue weighted by molar-refractivity contribution is -0.116. The molecule has 1 amide bonds. The number of anilines is 1. The van der Waals surface area contributed by atoms with Crippen LogP contribution in [0.15, 0.2) is 53.1 Å². The van der Waals surface area contributed by atoms with Crippen LogP contribution >= 0.6 is 0 Å². The summed E-state index contributed by atoms with van der Waals surface area (Å²) in [5, 5.41) is 10.7. The molecule has 0 aliphatic carbocycles. The minimum Gasteiger partial charge on any atom is -0.491 e. The molecule has 0 bridgehead atoms. The molecule has 7 nitrogen and oxygen atoms in total. The summed E-state index contributed by atoms with van der Waals surface area (Å²) in [5.74, 6) is 1.40. The molecule has 0 atom stereocenters. The summed E-state index contributed by atoms with van der Waals surface area (Å²) in [6.45, 7) is 3.93. The van der Waals surface area contributed by atoms with Crippen LogP contribution in [0.1, 0.15) is 26.2 Å². The normalized spacial score (nSPS) is 10.7. The number of hydrogen-bond donors (Lipinski definition) is 1. The SMILES string of the molecule is CC(C)Oc1ccc(NC(=O)CCc2nnc(-c3ccccn3)o2)cc1. The smallest absolute Gasteiger partial charge is 0.266 e. The van der Waals surface area contributed by atoms with Crippen LogP contribution in [0.4, 0.5) is 5.69 Å². The summed E-state index contributed by atoms with van der Waals surface area (Å²) in [4.78, 5) is 16.2. The minimum absolute atomic E-state index is 0.112. The van der Waals surface area contributed by atoms with E-state index in [2.05, 4.69) is 20.5 Å². The number of aromatic nitrogens is 3. The molecule has 0 saturated heterocycles. The van der Waals surface area contributed by atoms with Crippen LogP contribution in [0.25, 0.3) is 11.6 Å². The van der Waals surface area contributed by atoms with E-state index in [1.807, 2.05) is 50.2 Å². The molecule has 7 heteroatoms. The van der Waals surface area contributed by atoms with Crippen molar-refractivity contribution in [1.29, 1.82) is 0 Å². The van der Waals surface area contributed by atoms with Gasteiger partial charge >= 0.3 is 0 Å². The predicted octanol–water partition coefficient (Wildman–Crippen LogP) is 3.49. The highest BCUT2D eigenvalue weighted by Gasteiger charge is 2.11. The lowest BCUT2D eigenvalue weighted by Crippen LogP contribution is -2.12. The molecule has 26 heavy (non-hydrogen) atoms. The molecular weight excluding hydrogens is 332 g/mol. The Morgan fingerprint density at radius 2 is 1.96 bits per heavy atom. The number of rotatable bonds is 7. The van der Waals surface area contributed by atoms with Crippen molar-refractivity contribution in [3.05, 3.63) is 54.6 Å². The summed E-state index contributed by atoms with van der Waals surface area (Å²) in [7, 11) is 0. The fourth-order valence-corrected chi connectivity index (χ4v) is 2.28. The second-order valence-corrected chi connectivity index (χ2v) is 5.96. The number of ether oxygens (including phenoxy) is 1. The first-order chi connectivity index (χ1) is 12.6. The molecule has 1 aromatic carbocycles. The number of nitrogens with one attached hydrogen (secondary N) is 1. The zero-order chi connectivity index (χ0) is 18.4. The van der Waals surface area contributed by atoms with E-state index in [0.29, 0.717) is 29.6 Å². The van der Waals surface area contributed by atoms with Crippen LogP contribution in [0.3, 0.4) is 0 Å². The number of aryl methyl sites for hydroxylation is 1. The van der Waals surface area contributed by atoms with Crippen molar-refractivity contribution in [2.45, 2.75) is 32.8 Å². The number of amides is 1. The third-order valence-corrected chi connectivity index (χ3v) is 3.43. The largest absolute Gasteiger partial charge is 0.491 e. The Morgan fingerprint density at radius 1 is 1.15 bits per heavy atom. The highest BCUT2D eigenvalue weighted by Crippen LogP contribution is 2.18. The summed E-state index contributed by atoms with van der Waals surface area (Å²) >= 11 is 0. The molecule has 3 rings (SSSR count). The topological polar surface area (TPSA) is 90.1 Å². The van der Waals surface area contributed by atoms with Crippen molar-refractivity contribution in [1.82, 2.24) is 15.2 Å². The fourth-order valence-electron chi connectivity index (χ4n) is 2.28. The maximum Gasteiger partial charge on any atom is 0.266 e. The van der Waals surface area contributed by atoms with Crippen LogP contribution in [0.2, 0.25) is 0 Å². The second kappa shape index (κ2) is 8.24. The summed E-state index contributed by atoms with van der Waals surface area (Å²) in [6.07, 6.45) is 2.37. The first-order valence-electron chi connectivity index (χ1n) is 8.40. The van der Waals surface area contributed by atoms with Gasteiger partial charge in [-0.25, -0.2) is 0 Å². The Kier molecular flexibility index (Phi) is 5.58. The fraction of sp³-hybridized carbons (Fsp3) is 0.263. The third-order valence-electron chi connectivity index (χ3n) is 3.43. The molecule has 2 aromatic heterocycles. The van der Waals surface area contributed by atoms with Crippen LogP contribution in [0, 0.1) is 0 Å². The molecule has 3 aromatic rings. The highest BCUT2D eigenvalue weighted by atomic mass is 16.5. The van der Waals surface area contributed by atoms with Gasteiger partial charge in [0.1, 0.15) is 11.4 Å². The van der Waals surface area contributed by atoms with Crippen molar-refractivity contribution >= 4 is 11.6 Å². The lowest BCUT2D eigenvalue weighted by Gasteiger charge is -2.10. The number of carbonyl (C=O) groups excluding carboxylic acids is 1. The molecule has 0 radical (unpaired) electrons. The Labute approximate surface area is 151 Å². The van der Waals surface area contributed by atoms with E-state index in [9.17, 15) is 4.79 Å². The number of hydrogen-bond acceptors (Lipinski definition) is 6. The van der Waals surface area contributed by atoms with E-state index in [-0.39, 0.29) is 18.4 Å². The van der Waals surface area contributed by atoms with E-state index < -0.39 is 0 Å². The van der Waals surface area contributed by atoms with Crippen molar-refractivity contribution in [3.8, 4) is 17.3 Å². The van der Waals surface area contributed by atoms with Crippen LogP contribution < -0.4 is 10.1 Å². The Hall–Kier alpha value is -3.22. The molecule has 0 unspecified atom stereocenters. The van der Waals surface area contributed by atoms with E-state index in [1.165, 1.54) is 0 Å². The van der Waals surface area contributed by atoms with Gasteiger partial charge in [-0.1, -0.05) is 6.07 Å². The van der Waals surface area contributed by atoms with E-state index >= 15 is 0 Å². The monoisotopic (exact) mass is 352 g/mol. The number of pyridine rings is 1. The molecule has 1 N–H and O–H groups in total. The molecule has 0 spiro atoms. The van der Waals surface area contributed by atoms with Gasteiger partial charge in [-0.3, -0.25) is 9.78 Å². The van der Waals surface area contributed by atoms with Gasteiger partial charge in [-0.05, 0) is 50.2 Å². The van der Waals surface area contributed by atoms with Gasteiger partial charge in [0, 0.05) is 24.7 Å². The number of benzene rings is 1. The molecular formula is C19H20N4O3. The number of carbonyl (C=O) groups is 1. The average Bonchev–Trinajstić information content (AvgIpc) is 3.11. The quantitative estimate of drug-likeness (QED) is 0.700. The summed E-state index contributed by atoms with van der Waals surface area (Å²) < 4.78 is 11.1. The first kappa shape index (κ1) is 17.6. The molecule has 134 valence electrons. The first-order valence-corrected chi connectivity index (χ1v) is 8.40. The standard InChI is InChI=1S/C19H20N4O3/c1-13(2)25-15-8-6-14(7-9-15)21-17(24)10-11-18-22-23-19(26-18)16-5-3-4-12-20-16/h3-9,12-13H,10-11H2,1-2H3,(H,21,24). The summed E-state index contributed by atoms with van der Waals surface area (Å²) in [5.41, 5.74) is 1.32. The molecule has 0 aliphatic rings. The average molecular weight is 352 g/mol. The maximum atomic E-state index is 12.1. The van der Waals surface area contributed by atoms with Gasteiger partial charge in [-0.15, -0.1) is 10.2 Å². The molecule has 0 aliphatic heterocycles. The third kappa shape index (κ3) is 4.89. The van der Waals surface area contributed by atoms with E-state index in [1.54, 1.807) is 12.3 Å². The van der Waals surface area contributed by atoms with Crippen LogP contribution in [-0.4, -0.2) is 27.2 Å². The van der Waals surface area contributed by atoms with Gasteiger partial charge in [-0.2, -0.15) is 0 Å². The van der Waals surface area contributed by atoms with Crippen molar-refractivity contribution < 1.29 is 13.9 Å². The zero-order valence-electron chi connectivity index (χ0n) is 14.7. The van der Waals surface area contributed by atoms with Gasteiger partial charge in [0.05, 0.1) is 6.10 Å². The molecule has 0 saturated carbocycles. The predicted molar refractivity (Wildman–Crippen MR) is 96.7 cm³/mol. The van der Waals surface area contributed by atoms with Crippen molar-refractivity contribution in [3.63, 3.8) is 0 Å². The van der Waals surface area contributed by atoms with Crippen LogP contribution in [0.5, 0.6) is 5.75 Å². The van der Waals surface area contributed by atoms with Crippen molar-refractivity contribution in [2.75, 3.05) is 5.32 Å². The number of nitrogens with zero attached hydrogens (tertiary/aromatic N) is 3.